The van der Waals surface area contributed by atoms with Gasteiger partial charge in [-0.05, 0) is 43.9 Å². The third-order valence-electron chi connectivity index (χ3n) is 2.66. The van der Waals surface area contributed by atoms with Crippen molar-refractivity contribution in [2.45, 2.75) is 33.1 Å². The lowest BCUT2D eigenvalue weighted by Crippen LogP contribution is -2.38. The molecule has 0 aliphatic heterocycles. The molecule has 0 atom stereocenters. The maximum atomic E-state index is 13.0. The monoisotopic (exact) mass is 265 g/mol. The second-order valence-corrected chi connectivity index (χ2v) is 4.42. The van der Waals surface area contributed by atoms with E-state index in [0.717, 1.165) is 50.4 Å². The third kappa shape index (κ3) is 6.79. The molecule has 0 aliphatic rings. The van der Waals surface area contributed by atoms with Crippen molar-refractivity contribution in [2.24, 2.45) is 4.99 Å². The van der Waals surface area contributed by atoms with E-state index in [0.29, 0.717) is 0 Å². The summed E-state index contributed by atoms with van der Waals surface area (Å²) in [7, 11) is 0. The van der Waals surface area contributed by atoms with Gasteiger partial charge in [0.25, 0.3) is 0 Å². The smallest absolute Gasteiger partial charge is 0.191 e. The van der Waals surface area contributed by atoms with Gasteiger partial charge in [-0.3, -0.25) is 4.99 Å². The Labute approximate surface area is 115 Å². The molecule has 0 fully saturated rings. The SMILES string of the molecule is CCCN=C(NCC)NCCCc1cccc(F)c1. The second-order valence-electron chi connectivity index (χ2n) is 4.42. The van der Waals surface area contributed by atoms with Gasteiger partial charge in [-0.25, -0.2) is 4.39 Å². The zero-order valence-electron chi connectivity index (χ0n) is 11.9. The van der Waals surface area contributed by atoms with Crippen LogP contribution in [0, 0.1) is 5.82 Å². The number of hydrogen-bond donors (Lipinski definition) is 2. The lowest BCUT2D eigenvalue weighted by molar-refractivity contribution is 0.624. The Morgan fingerprint density at radius 2 is 2.11 bits per heavy atom. The van der Waals surface area contributed by atoms with Crippen LogP contribution in [0.1, 0.15) is 32.3 Å². The minimum atomic E-state index is -0.164. The first-order valence-corrected chi connectivity index (χ1v) is 7.03. The Hall–Kier alpha value is -1.58. The molecule has 0 spiro atoms. The van der Waals surface area contributed by atoms with Crippen LogP contribution in [0.15, 0.2) is 29.3 Å². The number of nitrogens with one attached hydrogen (secondary N) is 2. The maximum absolute atomic E-state index is 13.0. The van der Waals surface area contributed by atoms with Gasteiger partial charge in [0.05, 0.1) is 0 Å². The van der Waals surface area contributed by atoms with Gasteiger partial charge < -0.3 is 10.6 Å². The second kappa shape index (κ2) is 9.36. The molecule has 3 nitrogen and oxygen atoms in total. The number of guanidine groups is 1. The average Bonchev–Trinajstić information content (AvgIpc) is 2.41. The normalized spacial score (nSPS) is 11.4. The predicted octanol–water partition coefficient (Wildman–Crippen LogP) is 2.72. The molecule has 2 N–H and O–H groups in total. The van der Waals surface area contributed by atoms with Crippen LogP contribution >= 0.6 is 0 Å². The largest absolute Gasteiger partial charge is 0.357 e. The van der Waals surface area contributed by atoms with Crippen LogP contribution in [0.25, 0.3) is 0 Å². The first-order chi connectivity index (χ1) is 9.26. The molecule has 106 valence electrons. The molecule has 0 heterocycles. The highest BCUT2D eigenvalue weighted by Crippen LogP contribution is 2.05. The van der Waals surface area contributed by atoms with Crippen molar-refractivity contribution in [3.63, 3.8) is 0 Å². The minimum absolute atomic E-state index is 0.164. The predicted molar refractivity (Wildman–Crippen MR) is 79.0 cm³/mol. The molecule has 1 rings (SSSR count). The summed E-state index contributed by atoms with van der Waals surface area (Å²) in [5, 5.41) is 6.49. The van der Waals surface area contributed by atoms with E-state index in [4.69, 9.17) is 0 Å². The quantitative estimate of drug-likeness (QED) is 0.452. The molecule has 0 bridgehead atoms. The summed E-state index contributed by atoms with van der Waals surface area (Å²) in [6.07, 6.45) is 2.87. The first-order valence-electron chi connectivity index (χ1n) is 7.03. The number of nitrogens with zero attached hydrogens (tertiary/aromatic N) is 1. The average molecular weight is 265 g/mol. The van der Waals surface area contributed by atoms with Crippen LogP contribution < -0.4 is 10.6 Å². The number of aryl methyl sites for hydroxylation is 1. The van der Waals surface area contributed by atoms with Crippen LogP contribution in [-0.2, 0) is 6.42 Å². The number of aliphatic imine (C=N–C) groups is 1. The number of hydrogen-bond acceptors (Lipinski definition) is 1. The van der Waals surface area contributed by atoms with Crippen LogP contribution in [0.3, 0.4) is 0 Å². The van der Waals surface area contributed by atoms with Gasteiger partial charge in [0.15, 0.2) is 5.96 Å². The summed E-state index contributed by atoms with van der Waals surface area (Å²) in [6.45, 7) is 6.69. The molecule has 0 unspecified atom stereocenters. The summed E-state index contributed by atoms with van der Waals surface area (Å²) in [5.74, 6) is 0.701. The topological polar surface area (TPSA) is 36.4 Å². The van der Waals surface area contributed by atoms with Gasteiger partial charge in [0.2, 0.25) is 0 Å². The Morgan fingerprint density at radius 1 is 1.26 bits per heavy atom. The van der Waals surface area contributed by atoms with Crippen molar-refractivity contribution >= 4 is 5.96 Å². The fraction of sp³-hybridized carbons (Fsp3) is 0.533. The van der Waals surface area contributed by atoms with E-state index < -0.39 is 0 Å². The molecule has 0 amide bonds. The van der Waals surface area contributed by atoms with E-state index in [9.17, 15) is 4.39 Å². The lowest BCUT2D eigenvalue weighted by Gasteiger charge is -2.11. The van der Waals surface area contributed by atoms with Gasteiger partial charge in [-0.1, -0.05) is 19.1 Å². The van der Waals surface area contributed by atoms with Crippen molar-refractivity contribution in [1.82, 2.24) is 10.6 Å². The molecule has 0 saturated heterocycles. The molecule has 4 heteroatoms. The van der Waals surface area contributed by atoms with E-state index in [1.807, 2.05) is 6.07 Å². The fourth-order valence-corrected chi connectivity index (χ4v) is 1.76. The van der Waals surface area contributed by atoms with Gasteiger partial charge in [-0.2, -0.15) is 0 Å². The summed E-state index contributed by atoms with van der Waals surface area (Å²) < 4.78 is 13.0. The Kier molecular flexibility index (Phi) is 7.63. The van der Waals surface area contributed by atoms with E-state index in [1.54, 1.807) is 12.1 Å². The summed E-state index contributed by atoms with van der Waals surface area (Å²) in [6, 6.07) is 6.78. The van der Waals surface area contributed by atoms with Gasteiger partial charge in [0.1, 0.15) is 5.82 Å². The molecule has 1 aromatic carbocycles. The zero-order valence-corrected chi connectivity index (χ0v) is 11.9. The summed E-state index contributed by atoms with van der Waals surface area (Å²) >= 11 is 0. The lowest BCUT2D eigenvalue weighted by atomic mass is 10.1. The van der Waals surface area contributed by atoms with Gasteiger partial charge >= 0.3 is 0 Å². The molecule has 0 radical (unpaired) electrons. The van der Waals surface area contributed by atoms with E-state index in [2.05, 4.69) is 29.5 Å². The van der Waals surface area contributed by atoms with Crippen LogP contribution in [0.2, 0.25) is 0 Å². The highest BCUT2D eigenvalue weighted by molar-refractivity contribution is 5.79. The van der Waals surface area contributed by atoms with E-state index in [1.165, 1.54) is 6.07 Å². The fourth-order valence-electron chi connectivity index (χ4n) is 1.76. The third-order valence-corrected chi connectivity index (χ3v) is 2.66. The first kappa shape index (κ1) is 15.5. The molecule has 1 aromatic rings. The Morgan fingerprint density at radius 3 is 2.79 bits per heavy atom. The van der Waals surface area contributed by atoms with Crippen molar-refractivity contribution in [2.75, 3.05) is 19.6 Å². The molecule has 19 heavy (non-hydrogen) atoms. The van der Waals surface area contributed by atoms with Gasteiger partial charge in [0, 0.05) is 19.6 Å². The van der Waals surface area contributed by atoms with Crippen molar-refractivity contribution in [1.29, 1.82) is 0 Å². The molecule has 0 aliphatic carbocycles. The molecule has 0 aromatic heterocycles. The van der Waals surface area contributed by atoms with Crippen molar-refractivity contribution < 1.29 is 4.39 Å². The summed E-state index contributed by atoms with van der Waals surface area (Å²) in [5.41, 5.74) is 1.04. The maximum Gasteiger partial charge on any atom is 0.191 e. The van der Waals surface area contributed by atoms with Crippen LogP contribution in [0.5, 0.6) is 0 Å². The Bertz CT molecular complexity index is 391. The minimum Gasteiger partial charge on any atom is -0.357 e. The zero-order chi connectivity index (χ0) is 13.9. The van der Waals surface area contributed by atoms with Crippen molar-refractivity contribution in [3.05, 3.63) is 35.6 Å². The molecular weight excluding hydrogens is 241 g/mol. The number of halogens is 1. The highest BCUT2D eigenvalue weighted by atomic mass is 19.1. The molecular formula is C15H24FN3. The van der Waals surface area contributed by atoms with E-state index in [-0.39, 0.29) is 5.82 Å². The van der Waals surface area contributed by atoms with Crippen LogP contribution in [-0.4, -0.2) is 25.6 Å². The van der Waals surface area contributed by atoms with Crippen molar-refractivity contribution in [3.8, 4) is 0 Å². The van der Waals surface area contributed by atoms with Gasteiger partial charge in [-0.15, -0.1) is 0 Å². The van der Waals surface area contributed by atoms with Crippen LogP contribution in [0.4, 0.5) is 4.39 Å². The van der Waals surface area contributed by atoms with E-state index >= 15 is 0 Å². The number of rotatable bonds is 7. The number of benzene rings is 1. The standard InChI is InChI=1S/C15H24FN3/c1-3-10-18-15(17-4-2)19-11-6-8-13-7-5-9-14(16)12-13/h5,7,9,12H,3-4,6,8,10-11H2,1-2H3,(H2,17,18,19). The molecule has 0 saturated carbocycles. The highest BCUT2D eigenvalue weighted by Gasteiger charge is 1.98. The Balaban J connectivity index is 2.28. The summed E-state index contributed by atoms with van der Waals surface area (Å²) in [4.78, 5) is 4.43.